The smallest absolute Gasteiger partial charge is 0.0685 e. The number of hydrogen-bond donors (Lipinski definition) is 1. The van der Waals surface area contributed by atoms with Crippen LogP contribution in [-0.4, -0.2) is 18.2 Å². The van der Waals surface area contributed by atoms with Crippen molar-refractivity contribution in [1.82, 2.24) is 0 Å². The molecule has 14 heavy (non-hydrogen) atoms. The second kappa shape index (κ2) is 4.19. The Labute approximate surface area is 87.2 Å². The topological polar surface area (TPSA) is 35.2 Å². The van der Waals surface area contributed by atoms with E-state index in [9.17, 15) is 0 Å². The van der Waals surface area contributed by atoms with Crippen molar-refractivity contribution in [2.24, 2.45) is 11.7 Å². The van der Waals surface area contributed by atoms with E-state index in [0.717, 1.165) is 12.5 Å². The first-order chi connectivity index (χ1) is 6.70. The average Bonchev–Trinajstić information content (AvgIpc) is 2.52. The largest absolute Gasteiger partial charge is 0.375 e. The van der Waals surface area contributed by atoms with Gasteiger partial charge in [0, 0.05) is 12.6 Å². The Kier molecular flexibility index (Phi) is 3.13. The molecule has 2 N–H and O–H groups in total. The summed E-state index contributed by atoms with van der Waals surface area (Å²) in [4.78, 5) is 0. The van der Waals surface area contributed by atoms with E-state index in [1.54, 1.807) is 0 Å². The molecular formula is C12H23NO. The average molecular weight is 197 g/mol. The van der Waals surface area contributed by atoms with Crippen LogP contribution in [-0.2, 0) is 4.74 Å². The quantitative estimate of drug-likeness (QED) is 0.738. The van der Waals surface area contributed by atoms with Gasteiger partial charge in [-0.2, -0.15) is 0 Å². The number of ether oxygens (including phenoxy) is 1. The molecule has 1 saturated carbocycles. The number of nitrogens with two attached hydrogens (primary N) is 1. The van der Waals surface area contributed by atoms with Crippen molar-refractivity contribution < 1.29 is 4.74 Å². The molecule has 2 aliphatic rings. The van der Waals surface area contributed by atoms with E-state index in [0.29, 0.717) is 6.04 Å². The Bertz CT molecular complexity index is 185. The van der Waals surface area contributed by atoms with Crippen LogP contribution in [0.15, 0.2) is 0 Å². The van der Waals surface area contributed by atoms with E-state index in [4.69, 9.17) is 10.5 Å². The molecule has 0 aromatic rings. The molecule has 0 radical (unpaired) electrons. The molecule has 2 heteroatoms. The minimum Gasteiger partial charge on any atom is -0.375 e. The molecule has 1 aliphatic carbocycles. The van der Waals surface area contributed by atoms with Crippen LogP contribution in [0.4, 0.5) is 0 Å². The van der Waals surface area contributed by atoms with Gasteiger partial charge in [-0.3, -0.25) is 0 Å². The van der Waals surface area contributed by atoms with Gasteiger partial charge in [0.15, 0.2) is 0 Å². The van der Waals surface area contributed by atoms with Gasteiger partial charge in [0.25, 0.3) is 0 Å². The Morgan fingerprint density at radius 3 is 2.79 bits per heavy atom. The molecule has 1 saturated heterocycles. The molecule has 2 atom stereocenters. The monoisotopic (exact) mass is 197 g/mol. The molecule has 2 fully saturated rings. The summed E-state index contributed by atoms with van der Waals surface area (Å²) in [5.41, 5.74) is 6.15. The molecule has 2 nitrogen and oxygen atoms in total. The third-order valence-corrected chi connectivity index (χ3v) is 3.81. The highest BCUT2D eigenvalue weighted by Gasteiger charge is 2.39. The van der Waals surface area contributed by atoms with Crippen molar-refractivity contribution in [3.8, 4) is 0 Å². The number of hydrogen-bond acceptors (Lipinski definition) is 2. The Morgan fingerprint density at radius 2 is 2.14 bits per heavy atom. The van der Waals surface area contributed by atoms with Gasteiger partial charge in [-0.25, -0.2) is 0 Å². The molecule has 0 bridgehead atoms. The van der Waals surface area contributed by atoms with Crippen molar-refractivity contribution in [3.63, 3.8) is 0 Å². The predicted octanol–water partition coefficient (Wildman–Crippen LogP) is 2.46. The van der Waals surface area contributed by atoms with Crippen LogP contribution in [0.2, 0.25) is 0 Å². The van der Waals surface area contributed by atoms with Gasteiger partial charge in [0.1, 0.15) is 0 Å². The van der Waals surface area contributed by atoms with E-state index in [1.807, 2.05) is 0 Å². The zero-order chi connectivity index (χ0) is 10.0. The van der Waals surface area contributed by atoms with Gasteiger partial charge in [0.05, 0.1) is 5.60 Å². The van der Waals surface area contributed by atoms with Crippen LogP contribution in [0.3, 0.4) is 0 Å². The van der Waals surface area contributed by atoms with Crippen LogP contribution in [0.25, 0.3) is 0 Å². The van der Waals surface area contributed by atoms with Crippen molar-refractivity contribution in [3.05, 3.63) is 0 Å². The number of rotatable bonds is 2. The Hall–Kier alpha value is -0.0800. The summed E-state index contributed by atoms with van der Waals surface area (Å²) in [5, 5.41) is 0. The Morgan fingerprint density at radius 1 is 1.43 bits per heavy atom. The highest BCUT2D eigenvalue weighted by molar-refractivity contribution is 4.91. The lowest BCUT2D eigenvalue weighted by molar-refractivity contribution is -0.0941. The lowest BCUT2D eigenvalue weighted by atomic mass is 9.82. The molecule has 82 valence electrons. The summed E-state index contributed by atoms with van der Waals surface area (Å²) in [7, 11) is 0. The first-order valence-corrected chi connectivity index (χ1v) is 6.10. The van der Waals surface area contributed by atoms with Crippen LogP contribution >= 0.6 is 0 Å². The van der Waals surface area contributed by atoms with Crippen molar-refractivity contribution in [2.45, 2.75) is 63.5 Å². The highest BCUT2D eigenvalue weighted by Crippen LogP contribution is 2.42. The van der Waals surface area contributed by atoms with Gasteiger partial charge in [-0.15, -0.1) is 0 Å². The van der Waals surface area contributed by atoms with E-state index in [2.05, 4.69) is 6.92 Å². The lowest BCUT2D eigenvalue weighted by Gasteiger charge is -2.38. The van der Waals surface area contributed by atoms with Gasteiger partial charge < -0.3 is 10.5 Å². The normalized spacial score (nSPS) is 33.4. The van der Waals surface area contributed by atoms with Crippen molar-refractivity contribution in [2.75, 3.05) is 6.61 Å². The van der Waals surface area contributed by atoms with E-state index >= 15 is 0 Å². The van der Waals surface area contributed by atoms with Crippen molar-refractivity contribution in [1.29, 1.82) is 0 Å². The third-order valence-electron chi connectivity index (χ3n) is 3.81. The Balaban J connectivity index is 1.90. The summed E-state index contributed by atoms with van der Waals surface area (Å²) in [6, 6.07) is 0.358. The van der Waals surface area contributed by atoms with Gasteiger partial charge in [-0.05, 0) is 44.9 Å². The molecular weight excluding hydrogens is 174 g/mol. The van der Waals surface area contributed by atoms with Crippen LogP contribution in [0, 0.1) is 5.92 Å². The van der Waals surface area contributed by atoms with E-state index in [1.165, 1.54) is 44.9 Å². The molecule has 1 aliphatic heterocycles. The zero-order valence-corrected chi connectivity index (χ0v) is 9.30. The minimum atomic E-state index is 0.276. The van der Waals surface area contributed by atoms with E-state index < -0.39 is 0 Å². The molecule has 1 spiro atoms. The van der Waals surface area contributed by atoms with Crippen LogP contribution in [0.5, 0.6) is 0 Å². The maximum Gasteiger partial charge on any atom is 0.0685 e. The molecule has 0 aromatic heterocycles. The van der Waals surface area contributed by atoms with Crippen molar-refractivity contribution >= 4 is 0 Å². The summed E-state index contributed by atoms with van der Waals surface area (Å²) in [6.45, 7) is 3.09. The maximum absolute atomic E-state index is 6.00. The molecule has 2 rings (SSSR count). The summed E-state index contributed by atoms with van der Waals surface area (Å²) in [5.74, 6) is 0.821. The maximum atomic E-state index is 6.00. The fourth-order valence-electron chi connectivity index (χ4n) is 3.22. The minimum absolute atomic E-state index is 0.276. The molecule has 0 amide bonds. The zero-order valence-electron chi connectivity index (χ0n) is 9.30. The second-order valence-corrected chi connectivity index (χ2v) is 5.31. The summed E-state index contributed by atoms with van der Waals surface area (Å²) in [6.07, 6.45) is 9.00. The first kappa shape index (κ1) is 10.4. The van der Waals surface area contributed by atoms with Crippen LogP contribution < -0.4 is 5.73 Å². The molecule has 1 heterocycles. The summed E-state index contributed by atoms with van der Waals surface area (Å²) < 4.78 is 6.00. The van der Waals surface area contributed by atoms with Gasteiger partial charge in [0.2, 0.25) is 0 Å². The predicted molar refractivity (Wildman–Crippen MR) is 58.1 cm³/mol. The highest BCUT2D eigenvalue weighted by atomic mass is 16.5. The molecule has 0 aromatic carbocycles. The fraction of sp³-hybridized carbons (Fsp3) is 1.00. The standard InChI is InChI=1S/C12H23NO/c1-10(13)8-11-4-7-14-12(9-11)5-2-3-6-12/h10-11H,2-9,13H2,1H3. The summed E-state index contributed by atoms with van der Waals surface area (Å²) >= 11 is 0. The SMILES string of the molecule is CC(N)CC1CCOC2(CCCC2)C1. The second-order valence-electron chi connectivity index (χ2n) is 5.31. The fourth-order valence-corrected chi connectivity index (χ4v) is 3.22. The third kappa shape index (κ3) is 2.29. The molecule has 2 unspecified atom stereocenters. The first-order valence-electron chi connectivity index (χ1n) is 6.10. The van der Waals surface area contributed by atoms with Crippen LogP contribution in [0.1, 0.15) is 51.9 Å². The lowest BCUT2D eigenvalue weighted by Crippen LogP contribution is -2.38. The van der Waals surface area contributed by atoms with Gasteiger partial charge in [-0.1, -0.05) is 12.8 Å². The van der Waals surface area contributed by atoms with Gasteiger partial charge >= 0.3 is 0 Å². The van der Waals surface area contributed by atoms with E-state index in [-0.39, 0.29) is 5.60 Å².